The van der Waals surface area contributed by atoms with Crippen molar-refractivity contribution in [1.82, 2.24) is 9.97 Å². The fourth-order valence-electron chi connectivity index (χ4n) is 13.0. The van der Waals surface area contributed by atoms with Crippen molar-refractivity contribution in [2.45, 2.75) is 285 Å². The third kappa shape index (κ3) is 37.3. The number of nitrogens with one attached hydrogen (secondary N) is 4. The summed E-state index contributed by atoms with van der Waals surface area (Å²) >= 11 is 0. The third-order valence-corrected chi connectivity index (χ3v) is 19.7. The maximum Gasteiger partial charge on any atom is 0.274 e. The number of carbonyl (C=O) groups excluding carboxylic acids is 4. The van der Waals surface area contributed by atoms with E-state index >= 15 is 0 Å². The molecule has 0 aliphatic rings. The van der Waals surface area contributed by atoms with E-state index < -0.39 is 23.6 Å². The first-order valence-corrected chi connectivity index (χ1v) is 42.4. The molecule has 0 bridgehead atoms. The molecule has 0 unspecified atom stereocenters. The lowest BCUT2D eigenvalue weighted by atomic mass is 10.1. The molecule has 0 saturated carbocycles. The quantitative estimate of drug-likeness (QED) is 0.0212. The highest BCUT2D eigenvalue weighted by Gasteiger charge is 2.19. The van der Waals surface area contributed by atoms with E-state index in [0.717, 1.165) is 74.4 Å². The zero-order chi connectivity index (χ0) is 77.5. The van der Waals surface area contributed by atoms with Gasteiger partial charge in [-0.15, -0.1) is 0 Å². The van der Waals surface area contributed by atoms with Crippen LogP contribution in [-0.2, 0) is 0 Å². The van der Waals surface area contributed by atoms with Crippen molar-refractivity contribution < 1.29 is 38.1 Å². The SMILES string of the molecule is CCCCCCCCCCCCOc1ccc(NC(=O)c2cc(C#Cc3ccc(C#Cc4cc(C(=O)Nc5ccc(OCCCCCCCCCCCC)cc5)nc(C(=O)Nc5ccc(OCCCCCCCCCCCC)cc5)c4)cc3)cc(C(=O)Nc3ccc(OCCCCCCCCCCCC)cc3)n2)cc1. The first-order valence-electron chi connectivity index (χ1n) is 42.4. The fourth-order valence-corrected chi connectivity index (χ4v) is 13.0. The Hall–Kier alpha value is -9.40. The number of amides is 4. The summed E-state index contributed by atoms with van der Waals surface area (Å²) in [5.74, 6) is 13.6. The van der Waals surface area contributed by atoms with Gasteiger partial charge in [-0.05, 0) is 171 Å². The van der Waals surface area contributed by atoms with Crippen molar-refractivity contribution in [3.8, 4) is 46.7 Å². The van der Waals surface area contributed by atoms with Gasteiger partial charge in [0.1, 0.15) is 45.8 Å². The lowest BCUT2D eigenvalue weighted by Crippen LogP contribution is -2.19. The molecule has 0 aliphatic carbocycles. The number of benzene rings is 5. The topological polar surface area (TPSA) is 179 Å². The predicted octanol–water partition coefficient (Wildman–Crippen LogP) is 25.5. The summed E-state index contributed by atoms with van der Waals surface area (Å²) in [4.78, 5) is 65.4. The van der Waals surface area contributed by atoms with E-state index in [-0.39, 0.29) is 22.8 Å². The van der Waals surface area contributed by atoms with Crippen molar-refractivity contribution in [2.24, 2.45) is 0 Å². The van der Waals surface area contributed by atoms with E-state index in [2.05, 4.69) is 82.6 Å². The molecular formula is C96H128N6O8. The molecule has 7 rings (SSSR count). The molecule has 590 valence electrons. The number of carbonyl (C=O) groups is 4. The molecule has 110 heavy (non-hydrogen) atoms. The highest BCUT2D eigenvalue weighted by molar-refractivity contribution is 6.08. The minimum Gasteiger partial charge on any atom is -0.494 e. The number of rotatable bonds is 56. The number of nitrogens with zero attached hydrogens (tertiary/aromatic N) is 2. The van der Waals surface area contributed by atoms with Crippen molar-refractivity contribution >= 4 is 46.4 Å². The van der Waals surface area contributed by atoms with Crippen LogP contribution in [0.4, 0.5) is 22.7 Å². The van der Waals surface area contributed by atoms with Gasteiger partial charge in [-0.3, -0.25) is 19.2 Å². The van der Waals surface area contributed by atoms with Gasteiger partial charge >= 0.3 is 0 Å². The Morgan fingerprint density at radius 2 is 0.409 bits per heavy atom. The molecular weight excluding hydrogens is 1370 g/mol. The number of anilines is 4. The van der Waals surface area contributed by atoms with Crippen LogP contribution >= 0.6 is 0 Å². The van der Waals surface area contributed by atoms with Crippen LogP contribution in [0, 0.1) is 23.7 Å². The molecule has 2 heterocycles. The standard InChI is InChI=1S/C96H128N6O8/c1-5-9-13-17-21-25-29-33-37-41-69-107-85-61-53-81(54-62-85)97-93(103)89-73-79(74-90(101-89)94(104)98-82-55-63-86(64-56-82)108-70-42-38-34-30-26-22-18-14-10-6-2)51-49-77-45-47-78(48-46-77)50-52-80-75-91(95(105)99-83-57-65-87(66-58-83)109-71-43-39-35-31-27-23-19-15-11-7-3)102-92(76-80)96(106)100-84-59-67-88(68-60-84)110-72-44-40-36-32-28-24-20-16-12-8-4/h45-48,53-68,73-76H,5-44,69-72H2,1-4H3,(H,97,103)(H,98,104)(H,99,105)(H,100,106). The van der Waals surface area contributed by atoms with Crippen molar-refractivity contribution in [3.63, 3.8) is 0 Å². The highest BCUT2D eigenvalue weighted by Crippen LogP contribution is 2.25. The minimum atomic E-state index is -0.515. The first kappa shape index (κ1) is 87.8. The third-order valence-electron chi connectivity index (χ3n) is 19.7. The molecule has 0 fully saturated rings. The molecule has 5 aromatic carbocycles. The summed E-state index contributed by atoms with van der Waals surface area (Å²) in [5, 5.41) is 11.8. The largest absolute Gasteiger partial charge is 0.494 e. The molecule has 0 radical (unpaired) electrons. The normalized spacial score (nSPS) is 10.9. The van der Waals surface area contributed by atoms with Crippen LogP contribution in [0.15, 0.2) is 146 Å². The van der Waals surface area contributed by atoms with Gasteiger partial charge in [0.2, 0.25) is 0 Å². The number of pyridine rings is 2. The molecule has 0 saturated heterocycles. The van der Waals surface area contributed by atoms with Gasteiger partial charge in [-0.1, -0.05) is 283 Å². The van der Waals surface area contributed by atoms with E-state index in [0.29, 0.717) is 71.4 Å². The van der Waals surface area contributed by atoms with E-state index in [1.807, 2.05) is 72.8 Å². The Morgan fingerprint density at radius 1 is 0.236 bits per heavy atom. The zero-order valence-electron chi connectivity index (χ0n) is 67.1. The van der Waals surface area contributed by atoms with Crippen LogP contribution in [-0.4, -0.2) is 60.0 Å². The molecule has 0 spiro atoms. The maximum absolute atomic E-state index is 14.1. The van der Waals surface area contributed by atoms with Crippen LogP contribution in [0.5, 0.6) is 23.0 Å². The average Bonchev–Trinajstić information content (AvgIpc) is 0.830. The second-order valence-electron chi connectivity index (χ2n) is 29.4. The van der Waals surface area contributed by atoms with Gasteiger partial charge in [-0.2, -0.15) is 0 Å². The number of aromatic nitrogens is 2. The Morgan fingerprint density at radius 3 is 0.600 bits per heavy atom. The first-order chi connectivity index (χ1) is 54.1. The van der Waals surface area contributed by atoms with E-state index in [1.54, 1.807) is 72.8 Å². The van der Waals surface area contributed by atoms with Crippen LogP contribution in [0.1, 0.15) is 349 Å². The molecule has 2 aromatic heterocycles. The summed E-state index contributed by atoms with van der Waals surface area (Å²) in [6.07, 6.45) is 50.0. The van der Waals surface area contributed by atoms with Gasteiger partial charge in [0.05, 0.1) is 26.4 Å². The van der Waals surface area contributed by atoms with Crippen LogP contribution < -0.4 is 40.2 Å². The Kier molecular flexibility index (Phi) is 44.0. The lowest BCUT2D eigenvalue weighted by Gasteiger charge is -2.11. The second kappa shape index (κ2) is 55.1. The summed E-state index contributed by atoms with van der Waals surface area (Å²) in [6, 6.07) is 42.6. The van der Waals surface area contributed by atoms with Gasteiger partial charge in [0.25, 0.3) is 23.6 Å². The van der Waals surface area contributed by atoms with Crippen molar-refractivity contribution in [3.05, 3.63) is 191 Å². The van der Waals surface area contributed by atoms with Crippen LogP contribution in [0.3, 0.4) is 0 Å². The average molecular weight is 1490 g/mol. The maximum atomic E-state index is 14.1. The number of ether oxygens (including phenoxy) is 4. The van der Waals surface area contributed by atoms with E-state index in [1.165, 1.54) is 205 Å². The molecule has 0 atom stereocenters. The van der Waals surface area contributed by atoms with Crippen molar-refractivity contribution in [2.75, 3.05) is 47.7 Å². The Balaban J connectivity index is 1.01. The summed E-state index contributed by atoms with van der Waals surface area (Å²) in [6.45, 7) is 11.5. The summed E-state index contributed by atoms with van der Waals surface area (Å²) in [5.41, 5.74) is 4.25. The van der Waals surface area contributed by atoms with Gasteiger partial charge in [-0.25, -0.2) is 9.97 Å². The molecule has 4 N–H and O–H groups in total. The lowest BCUT2D eigenvalue weighted by molar-refractivity contribution is 0.0998. The van der Waals surface area contributed by atoms with Gasteiger partial charge in [0.15, 0.2) is 0 Å². The molecule has 14 heteroatoms. The number of unbranched alkanes of at least 4 members (excludes halogenated alkanes) is 36. The van der Waals surface area contributed by atoms with E-state index in [9.17, 15) is 19.2 Å². The van der Waals surface area contributed by atoms with Crippen molar-refractivity contribution in [1.29, 1.82) is 0 Å². The number of hydrogen-bond acceptors (Lipinski definition) is 10. The van der Waals surface area contributed by atoms with E-state index in [4.69, 9.17) is 18.9 Å². The smallest absolute Gasteiger partial charge is 0.274 e. The molecule has 4 amide bonds. The summed E-state index contributed by atoms with van der Waals surface area (Å²) in [7, 11) is 0. The molecule has 14 nitrogen and oxygen atoms in total. The minimum absolute atomic E-state index is 0.00456. The molecule has 7 aromatic rings. The highest BCUT2D eigenvalue weighted by atomic mass is 16.5. The monoisotopic (exact) mass is 1490 g/mol. The fraction of sp³-hybridized carbons (Fsp3) is 0.500. The van der Waals surface area contributed by atoms with Gasteiger partial charge < -0.3 is 40.2 Å². The predicted molar refractivity (Wildman–Crippen MR) is 454 cm³/mol. The zero-order valence-corrected chi connectivity index (χ0v) is 67.1. The second-order valence-corrected chi connectivity index (χ2v) is 29.4. The Bertz CT molecular complexity index is 3400. The van der Waals surface area contributed by atoms with Gasteiger partial charge in [0, 0.05) is 45.0 Å². The summed E-state index contributed by atoms with van der Waals surface area (Å²) < 4.78 is 24.2. The Labute approximate surface area is 660 Å². The van der Waals surface area contributed by atoms with Crippen LogP contribution in [0.25, 0.3) is 0 Å². The van der Waals surface area contributed by atoms with Crippen LogP contribution in [0.2, 0.25) is 0 Å². The molecule has 0 aliphatic heterocycles. The number of hydrogen-bond donors (Lipinski definition) is 4.